The highest BCUT2D eigenvalue weighted by Crippen LogP contribution is 2.10. The number of carbonyl (C=O) groups excluding carboxylic acids is 1. The van der Waals surface area contributed by atoms with Crippen LogP contribution in [0.3, 0.4) is 0 Å². The summed E-state index contributed by atoms with van der Waals surface area (Å²) in [4.78, 5) is 10.7. The van der Waals surface area contributed by atoms with E-state index in [1.54, 1.807) is 0 Å². The van der Waals surface area contributed by atoms with E-state index in [1.165, 1.54) is 5.56 Å². The summed E-state index contributed by atoms with van der Waals surface area (Å²) in [6, 6.07) is 8.19. The number of rotatable bonds is 4. The highest BCUT2D eigenvalue weighted by atomic mass is 16.1. The third-order valence-corrected chi connectivity index (χ3v) is 2.45. The zero-order valence-corrected chi connectivity index (χ0v) is 9.29. The number of aryl methyl sites for hydroxylation is 1. The molecule has 0 aliphatic carbocycles. The minimum atomic E-state index is 0.655. The fraction of sp³-hybridized carbons (Fsp3) is 0.308. The summed E-state index contributed by atoms with van der Waals surface area (Å²) >= 11 is 0. The molecule has 0 aromatic heterocycles. The zero-order valence-electron chi connectivity index (χ0n) is 9.29. The first-order valence-corrected chi connectivity index (χ1v) is 5.15. The van der Waals surface area contributed by atoms with Crippen LogP contribution in [0.5, 0.6) is 0 Å². The number of allylic oxidation sites excluding steroid dienone is 2. The number of benzene rings is 1. The van der Waals surface area contributed by atoms with Crippen LogP contribution in [0.25, 0.3) is 0 Å². The maximum absolute atomic E-state index is 10.7. The molecule has 0 aliphatic rings. The molecule has 0 bridgehead atoms. The average molecular weight is 203 g/mol. The molecular weight excluding hydrogens is 186 g/mol. The van der Waals surface area contributed by atoms with Gasteiger partial charge in [0.25, 0.3) is 0 Å². The van der Waals surface area contributed by atoms with Crippen LogP contribution in [0, 0.1) is 6.92 Å². The topological polar surface area (TPSA) is 43.1 Å². The van der Waals surface area contributed by atoms with Gasteiger partial charge in [0.1, 0.15) is 6.29 Å². The minimum absolute atomic E-state index is 0.655. The van der Waals surface area contributed by atoms with Crippen molar-refractivity contribution < 1.29 is 4.79 Å². The van der Waals surface area contributed by atoms with Gasteiger partial charge in [-0.25, -0.2) is 0 Å². The predicted molar refractivity (Wildman–Crippen MR) is 62.5 cm³/mol. The van der Waals surface area contributed by atoms with Crippen LogP contribution in [-0.4, -0.2) is 6.29 Å². The molecule has 0 saturated heterocycles. The molecule has 0 saturated carbocycles. The van der Waals surface area contributed by atoms with Gasteiger partial charge in [0.15, 0.2) is 0 Å². The Morgan fingerprint density at radius 2 is 1.93 bits per heavy atom. The Hall–Kier alpha value is -1.57. The summed E-state index contributed by atoms with van der Waals surface area (Å²) in [7, 11) is 0. The molecule has 0 amide bonds. The van der Waals surface area contributed by atoms with E-state index in [4.69, 9.17) is 5.73 Å². The number of carbonyl (C=O) groups is 1. The Morgan fingerprint density at radius 1 is 1.33 bits per heavy atom. The van der Waals surface area contributed by atoms with Crippen LogP contribution in [0.15, 0.2) is 35.5 Å². The fourth-order valence-corrected chi connectivity index (χ4v) is 1.43. The van der Waals surface area contributed by atoms with E-state index in [0.717, 1.165) is 11.8 Å². The maximum Gasteiger partial charge on any atom is 0.147 e. The van der Waals surface area contributed by atoms with E-state index in [0.29, 0.717) is 24.1 Å². The third kappa shape index (κ3) is 3.24. The molecule has 2 heteroatoms. The summed E-state index contributed by atoms with van der Waals surface area (Å²) in [6.07, 6.45) is 2.20. The third-order valence-electron chi connectivity index (χ3n) is 2.45. The monoisotopic (exact) mass is 203 g/mol. The largest absolute Gasteiger partial charge is 0.401 e. The highest BCUT2D eigenvalue weighted by Gasteiger charge is 2.01. The lowest BCUT2D eigenvalue weighted by molar-refractivity contribution is -0.105. The van der Waals surface area contributed by atoms with E-state index in [1.807, 2.05) is 26.0 Å². The molecule has 1 aromatic rings. The van der Waals surface area contributed by atoms with Crippen LogP contribution in [0.1, 0.15) is 24.5 Å². The summed E-state index contributed by atoms with van der Waals surface area (Å²) in [5.41, 5.74) is 9.61. The van der Waals surface area contributed by atoms with Crippen LogP contribution in [-0.2, 0) is 11.2 Å². The maximum atomic E-state index is 10.7. The molecule has 15 heavy (non-hydrogen) atoms. The van der Waals surface area contributed by atoms with Gasteiger partial charge in [0, 0.05) is 17.7 Å². The van der Waals surface area contributed by atoms with Crippen molar-refractivity contribution in [3.8, 4) is 0 Å². The normalized spacial score (nSPS) is 12.1. The molecule has 0 atom stereocenters. The Morgan fingerprint density at radius 3 is 2.40 bits per heavy atom. The first-order valence-electron chi connectivity index (χ1n) is 5.15. The molecular formula is C13H17NO. The molecule has 0 aliphatic heterocycles. The van der Waals surface area contributed by atoms with Crippen molar-refractivity contribution in [3.63, 3.8) is 0 Å². The SMILES string of the molecule is CC/C(C=O)=C(\N)Cc1ccc(C)cc1. The zero-order chi connectivity index (χ0) is 11.3. The van der Waals surface area contributed by atoms with Crippen molar-refractivity contribution in [2.75, 3.05) is 0 Å². The summed E-state index contributed by atoms with van der Waals surface area (Å²) in [5, 5.41) is 0. The van der Waals surface area contributed by atoms with Gasteiger partial charge in [0.05, 0.1) is 0 Å². The molecule has 0 radical (unpaired) electrons. The summed E-state index contributed by atoms with van der Waals surface area (Å²) in [6.45, 7) is 3.98. The number of aldehydes is 1. The van der Waals surface area contributed by atoms with Crippen molar-refractivity contribution >= 4 is 6.29 Å². The molecule has 1 aromatic carbocycles. The molecule has 1 rings (SSSR count). The van der Waals surface area contributed by atoms with Gasteiger partial charge in [-0.05, 0) is 18.9 Å². The first kappa shape index (κ1) is 11.5. The van der Waals surface area contributed by atoms with Gasteiger partial charge >= 0.3 is 0 Å². The van der Waals surface area contributed by atoms with Crippen LogP contribution < -0.4 is 5.73 Å². The lowest BCUT2D eigenvalue weighted by Gasteiger charge is -2.05. The van der Waals surface area contributed by atoms with Crippen molar-refractivity contribution in [2.45, 2.75) is 26.7 Å². The smallest absolute Gasteiger partial charge is 0.147 e. The molecule has 0 fully saturated rings. The second kappa shape index (κ2) is 5.35. The van der Waals surface area contributed by atoms with Gasteiger partial charge in [-0.3, -0.25) is 4.79 Å². The number of hydrogen-bond donors (Lipinski definition) is 1. The van der Waals surface area contributed by atoms with Gasteiger partial charge in [-0.1, -0.05) is 36.8 Å². The van der Waals surface area contributed by atoms with Crippen molar-refractivity contribution in [1.29, 1.82) is 0 Å². The predicted octanol–water partition coefficient (Wildman–Crippen LogP) is 2.36. The Labute approximate surface area is 90.8 Å². The number of nitrogens with two attached hydrogens (primary N) is 1. The van der Waals surface area contributed by atoms with Gasteiger partial charge in [-0.15, -0.1) is 0 Å². The second-order valence-corrected chi connectivity index (χ2v) is 3.68. The fourth-order valence-electron chi connectivity index (χ4n) is 1.43. The standard InChI is InChI=1S/C13H17NO/c1-3-12(9-15)13(14)8-11-6-4-10(2)5-7-11/h4-7,9H,3,8,14H2,1-2H3/b13-12+. The van der Waals surface area contributed by atoms with Gasteiger partial charge < -0.3 is 5.73 Å². The van der Waals surface area contributed by atoms with Gasteiger partial charge in [0.2, 0.25) is 0 Å². The lowest BCUT2D eigenvalue weighted by atomic mass is 10.0. The Kier molecular flexibility index (Phi) is 4.10. The molecule has 80 valence electrons. The quantitative estimate of drug-likeness (QED) is 0.603. The molecule has 0 unspecified atom stereocenters. The van der Waals surface area contributed by atoms with E-state index in [-0.39, 0.29) is 0 Å². The van der Waals surface area contributed by atoms with Crippen molar-refractivity contribution in [2.24, 2.45) is 5.73 Å². The molecule has 0 heterocycles. The van der Waals surface area contributed by atoms with Crippen LogP contribution >= 0.6 is 0 Å². The van der Waals surface area contributed by atoms with E-state index >= 15 is 0 Å². The highest BCUT2D eigenvalue weighted by molar-refractivity contribution is 5.74. The summed E-state index contributed by atoms with van der Waals surface area (Å²) < 4.78 is 0. The minimum Gasteiger partial charge on any atom is -0.401 e. The second-order valence-electron chi connectivity index (χ2n) is 3.68. The van der Waals surface area contributed by atoms with Gasteiger partial charge in [-0.2, -0.15) is 0 Å². The van der Waals surface area contributed by atoms with E-state index in [9.17, 15) is 4.79 Å². The average Bonchev–Trinajstić information content (AvgIpc) is 2.23. The number of hydrogen-bond acceptors (Lipinski definition) is 2. The van der Waals surface area contributed by atoms with Crippen LogP contribution in [0.2, 0.25) is 0 Å². The van der Waals surface area contributed by atoms with Crippen LogP contribution in [0.4, 0.5) is 0 Å². The van der Waals surface area contributed by atoms with E-state index in [2.05, 4.69) is 12.1 Å². The Balaban J connectivity index is 2.81. The first-order chi connectivity index (χ1) is 7.17. The molecule has 2 N–H and O–H groups in total. The van der Waals surface area contributed by atoms with Crippen molar-refractivity contribution in [1.82, 2.24) is 0 Å². The Bertz CT molecular complexity index is 363. The van der Waals surface area contributed by atoms with Crippen molar-refractivity contribution in [3.05, 3.63) is 46.7 Å². The summed E-state index contributed by atoms with van der Waals surface area (Å²) in [5.74, 6) is 0. The molecule has 0 spiro atoms. The lowest BCUT2D eigenvalue weighted by Crippen LogP contribution is -2.06. The molecule has 2 nitrogen and oxygen atoms in total. The van der Waals surface area contributed by atoms with E-state index < -0.39 is 0 Å².